The fraction of sp³-hybridized carbons (Fsp3) is 0.571. The van der Waals surface area contributed by atoms with Gasteiger partial charge in [0.2, 0.25) is 10.0 Å². The summed E-state index contributed by atoms with van der Waals surface area (Å²) in [6, 6.07) is 7.71. The van der Waals surface area contributed by atoms with Crippen LogP contribution in [0.5, 0.6) is 0 Å². The molecule has 0 bridgehead atoms. The second kappa shape index (κ2) is 8.43. The molecule has 1 aromatic carbocycles. The van der Waals surface area contributed by atoms with Gasteiger partial charge in [-0.25, -0.2) is 13.1 Å². The molecule has 1 aliphatic heterocycles. The highest BCUT2D eigenvalue weighted by molar-refractivity contribution is 8.06. The van der Waals surface area contributed by atoms with Crippen LogP contribution in [0.1, 0.15) is 11.1 Å². The van der Waals surface area contributed by atoms with Crippen LogP contribution in [0.25, 0.3) is 0 Å². The molecule has 1 fully saturated rings. The molecule has 0 aliphatic carbocycles. The van der Waals surface area contributed by atoms with Crippen LogP contribution in [0.2, 0.25) is 0 Å². The summed E-state index contributed by atoms with van der Waals surface area (Å²) in [6.45, 7) is 1.33. The molecule has 2 rings (SSSR count). The van der Waals surface area contributed by atoms with E-state index in [0.717, 1.165) is 29.2 Å². The molecule has 1 heterocycles. The average Bonchev–Trinajstić information content (AvgIpc) is 2.48. The van der Waals surface area contributed by atoms with Crippen LogP contribution in [-0.2, 0) is 22.3 Å². The van der Waals surface area contributed by atoms with Crippen molar-refractivity contribution in [2.24, 2.45) is 0 Å². The molecule has 7 heteroatoms. The van der Waals surface area contributed by atoms with Crippen molar-refractivity contribution in [3.8, 4) is 0 Å². The Labute approximate surface area is 135 Å². The van der Waals surface area contributed by atoms with Gasteiger partial charge in [0.25, 0.3) is 0 Å². The molecule has 21 heavy (non-hydrogen) atoms. The van der Waals surface area contributed by atoms with Gasteiger partial charge in [0.15, 0.2) is 0 Å². The van der Waals surface area contributed by atoms with Crippen molar-refractivity contribution in [1.82, 2.24) is 10.0 Å². The third-order valence-electron chi connectivity index (χ3n) is 3.18. The first kappa shape index (κ1) is 17.1. The van der Waals surface area contributed by atoms with Gasteiger partial charge in [-0.3, -0.25) is 0 Å². The molecule has 1 aliphatic rings. The van der Waals surface area contributed by atoms with Crippen molar-refractivity contribution in [3.63, 3.8) is 0 Å². The molecule has 1 atom stereocenters. The highest BCUT2D eigenvalue weighted by Crippen LogP contribution is 2.23. The number of sulfonamides is 1. The molecular formula is C14H22N2O2S3. The lowest BCUT2D eigenvalue weighted by Crippen LogP contribution is -2.34. The zero-order valence-corrected chi connectivity index (χ0v) is 14.6. The van der Waals surface area contributed by atoms with Crippen LogP contribution >= 0.6 is 23.5 Å². The predicted molar refractivity (Wildman–Crippen MR) is 93.4 cm³/mol. The largest absolute Gasteiger partial charge is 0.316 e. The predicted octanol–water partition coefficient (Wildman–Crippen LogP) is 1.67. The number of hydrogen-bond acceptors (Lipinski definition) is 5. The quantitative estimate of drug-likeness (QED) is 0.787. The Morgan fingerprint density at radius 1 is 1.19 bits per heavy atom. The summed E-state index contributed by atoms with van der Waals surface area (Å²) >= 11 is 3.77. The zero-order chi connectivity index (χ0) is 15.1. The summed E-state index contributed by atoms with van der Waals surface area (Å²) in [4.78, 5) is 0. The van der Waals surface area contributed by atoms with Crippen molar-refractivity contribution in [2.45, 2.75) is 17.5 Å². The summed E-state index contributed by atoms with van der Waals surface area (Å²) in [5.41, 5.74) is 1.98. The highest BCUT2D eigenvalue weighted by Gasteiger charge is 2.18. The van der Waals surface area contributed by atoms with E-state index in [4.69, 9.17) is 0 Å². The van der Waals surface area contributed by atoms with Crippen molar-refractivity contribution < 1.29 is 8.42 Å². The van der Waals surface area contributed by atoms with Crippen LogP contribution in [0.4, 0.5) is 0 Å². The summed E-state index contributed by atoms with van der Waals surface area (Å²) in [7, 11) is -1.35. The molecule has 4 nitrogen and oxygen atoms in total. The Bertz CT molecular complexity index is 526. The Morgan fingerprint density at radius 2 is 1.90 bits per heavy atom. The van der Waals surface area contributed by atoms with Gasteiger partial charge in [-0.05, 0) is 18.2 Å². The van der Waals surface area contributed by atoms with Gasteiger partial charge in [0.05, 0.1) is 5.75 Å². The summed E-state index contributed by atoms with van der Waals surface area (Å²) in [6.07, 6.45) is 0. The zero-order valence-electron chi connectivity index (χ0n) is 12.2. The number of benzene rings is 1. The fourth-order valence-electron chi connectivity index (χ4n) is 2.10. The minimum atomic E-state index is -3.25. The van der Waals surface area contributed by atoms with E-state index in [0.29, 0.717) is 11.8 Å². The Hall–Kier alpha value is -0.210. The van der Waals surface area contributed by atoms with Gasteiger partial charge < -0.3 is 5.32 Å². The SMILES string of the molecule is CNCc1ccc(CS(=O)(=O)NCC2CSCCS2)cc1. The second-order valence-electron chi connectivity index (χ2n) is 5.02. The number of rotatable bonds is 7. The maximum absolute atomic E-state index is 12.1. The standard InChI is InChI=1S/C14H22N2O2S3/c1-15-8-12-2-4-13(5-3-12)11-21(17,18)16-9-14-10-19-6-7-20-14/h2-5,14-16H,6-11H2,1H3. The molecular weight excluding hydrogens is 324 g/mol. The molecule has 118 valence electrons. The molecule has 0 amide bonds. The second-order valence-corrected chi connectivity index (χ2v) is 9.39. The third kappa shape index (κ3) is 6.20. The smallest absolute Gasteiger partial charge is 0.215 e. The van der Waals surface area contributed by atoms with Gasteiger partial charge in [0.1, 0.15) is 0 Å². The van der Waals surface area contributed by atoms with Crippen LogP contribution in [0.3, 0.4) is 0 Å². The first-order valence-corrected chi connectivity index (χ1v) is 10.8. The van der Waals surface area contributed by atoms with E-state index in [1.54, 1.807) is 0 Å². The summed E-state index contributed by atoms with van der Waals surface area (Å²) in [5.74, 6) is 3.38. The molecule has 0 aromatic heterocycles. The van der Waals surface area contributed by atoms with Crippen LogP contribution < -0.4 is 10.0 Å². The number of hydrogen-bond donors (Lipinski definition) is 2. The Kier molecular flexibility index (Phi) is 6.88. The van der Waals surface area contributed by atoms with Crippen molar-refractivity contribution in [3.05, 3.63) is 35.4 Å². The lowest BCUT2D eigenvalue weighted by atomic mass is 10.1. The summed E-state index contributed by atoms with van der Waals surface area (Å²) < 4.78 is 27.0. The number of nitrogens with one attached hydrogen (secondary N) is 2. The normalized spacial score (nSPS) is 19.6. The maximum atomic E-state index is 12.1. The van der Waals surface area contributed by atoms with Crippen LogP contribution in [-0.4, -0.2) is 44.5 Å². The summed E-state index contributed by atoms with van der Waals surface area (Å²) in [5, 5.41) is 3.47. The fourth-order valence-corrected chi connectivity index (χ4v) is 6.01. The van der Waals surface area contributed by atoms with Gasteiger partial charge >= 0.3 is 0 Å². The highest BCUT2D eigenvalue weighted by atomic mass is 32.2. The van der Waals surface area contributed by atoms with E-state index in [1.165, 1.54) is 5.75 Å². The first-order chi connectivity index (χ1) is 10.1. The molecule has 0 saturated carbocycles. The van der Waals surface area contributed by atoms with E-state index in [9.17, 15) is 8.42 Å². The van der Waals surface area contributed by atoms with Crippen molar-refractivity contribution >= 4 is 33.5 Å². The van der Waals surface area contributed by atoms with E-state index >= 15 is 0 Å². The topological polar surface area (TPSA) is 58.2 Å². The molecule has 1 saturated heterocycles. The minimum Gasteiger partial charge on any atom is -0.316 e. The van der Waals surface area contributed by atoms with Crippen LogP contribution in [0.15, 0.2) is 24.3 Å². The first-order valence-electron chi connectivity index (χ1n) is 6.98. The lowest BCUT2D eigenvalue weighted by molar-refractivity contribution is 0.580. The molecule has 0 radical (unpaired) electrons. The lowest BCUT2D eigenvalue weighted by Gasteiger charge is -2.21. The number of thioether (sulfide) groups is 2. The molecule has 1 unspecified atom stereocenters. The molecule has 0 spiro atoms. The third-order valence-corrected chi connectivity index (χ3v) is 7.34. The van der Waals surface area contributed by atoms with Crippen molar-refractivity contribution in [1.29, 1.82) is 0 Å². The van der Waals surface area contributed by atoms with Gasteiger partial charge in [-0.1, -0.05) is 24.3 Å². The van der Waals surface area contributed by atoms with E-state index < -0.39 is 10.0 Å². The Morgan fingerprint density at radius 3 is 2.52 bits per heavy atom. The molecule has 1 aromatic rings. The van der Waals surface area contributed by atoms with E-state index in [1.807, 2.05) is 54.8 Å². The van der Waals surface area contributed by atoms with E-state index in [-0.39, 0.29) is 5.75 Å². The minimum absolute atomic E-state index is 0.0529. The van der Waals surface area contributed by atoms with Crippen LogP contribution in [0, 0.1) is 0 Å². The monoisotopic (exact) mass is 346 g/mol. The Balaban J connectivity index is 1.84. The van der Waals surface area contributed by atoms with Gasteiger partial charge in [-0.2, -0.15) is 23.5 Å². The average molecular weight is 347 g/mol. The maximum Gasteiger partial charge on any atom is 0.215 e. The van der Waals surface area contributed by atoms with Gasteiger partial charge in [0, 0.05) is 35.6 Å². The van der Waals surface area contributed by atoms with E-state index in [2.05, 4.69) is 10.0 Å². The van der Waals surface area contributed by atoms with Gasteiger partial charge in [-0.15, -0.1) is 0 Å². The molecule has 2 N–H and O–H groups in total. The van der Waals surface area contributed by atoms with Crippen molar-refractivity contribution in [2.75, 3.05) is 30.9 Å².